The van der Waals surface area contributed by atoms with Crippen LogP contribution in [0.4, 0.5) is 0 Å². The van der Waals surface area contributed by atoms with Crippen molar-refractivity contribution in [1.82, 2.24) is 9.80 Å². The Morgan fingerprint density at radius 2 is 1.52 bits per heavy atom. The lowest BCUT2D eigenvalue weighted by Gasteiger charge is -2.38. The summed E-state index contributed by atoms with van der Waals surface area (Å²) >= 11 is 6.03. The number of hydrogen-bond donors (Lipinski definition) is 0. The highest BCUT2D eigenvalue weighted by molar-refractivity contribution is 6.30. The topological polar surface area (TPSA) is 6.48 Å². The van der Waals surface area contributed by atoms with Crippen LogP contribution in [0.5, 0.6) is 0 Å². The first-order valence-electron chi connectivity index (χ1n) is 8.75. The summed E-state index contributed by atoms with van der Waals surface area (Å²) < 4.78 is 22.7. The summed E-state index contributed by atoms with van der Waals surface area (Å²) in [5, 5.41) is 0.720. The van der Waals surface area contributed by atoms with Crippen molar-refractivity contribution in [3.8, 4) is 0 Å². The van der Waals surface area contributed by atoms with Crippen molar-refractivity contribution < 1.29 is 4.11 Å². The Morgan fingerprint density at radius 1 is 0.905 bits per heavy atom. The summed E-state index contributed by atoms with van der Waals surface area (Å²) in [6.45, 7) is 0.538. The summed E-state index contributed by atoms with van der Waals surface area (Å²) in [5.41, 5.74) is 2.38. The van der Waals surface area contributed by atoms with E-state index in [1.54, 1.807) is 4.90 Å². The predicted octanol–water partition coefficient (Wildman–Crippen LogP) is 3.68. The van der Waals surface area contributed by atoms with E-state index in [0.29, 0.717) is 13.1 Å². The molecular formula is C18H21ClN2. The monoisotopic (exact) mass is 303 g/mol. The fourth-order valence-corrected chi connectivity index (χ4v) is 3.00. The first kappa shape index (κ1) is 11.2. The highest BCUT2D eigenvalue weighted by atomic mass is 35.5. The number of hydrogen-bond acceptors (Lipinski definition) is 2. The molecule has 1 heterocycles. The number of rotatable bonds is 3. The number of nitrogens with zero attached hydrogens (tertiary/aromatic N) is 2. The minimum atomic E-state index is -2.01. The van der Waals surface area contributed by atoms with Gasteiger partial charge in [0.05, 0.1) is 6.04 Å². The van der Waals surface area contributed by atoms with Gasteiger partial charge in [0, 0.05) is 35.3 Å². The van der Waals surface area contributed by atoms with E-state index in [4.69, 9.17) is 15.7 Å². The quantitative estimate of drug-likeness (QED) is 0.853. The van der Waals surface area contributed by atoms with Crippen molar-refractivity contribution >= 4 is 11.6 Å². The molecule has 3 rings (SSSR count). The SMILES string of the molecule is [2H]C([2H])([2H])N1CCN([C@@H](c2ccccc2)c2ccc(Cl)cc2)CC1. The molecule has 21 heavy (non-hydrogen) atoms. The Balaban J connectivity index is 1.85. The molecule has 0 aromatic heterocycles. The normalized spacial score (nSPS) is 21.3. The van der Waals surface area contributed by atoms with Crippen LogP contribution < -0.4 is 0 Å². The maximum absolute atomic E-state index is 7.58. The second-order valence-electron chi connectivity index (χ2n) is 5.39. The van der Waals surface area contributed by atoms with Crippen LogP contribution in [0.1, 0.15) is 21.3 Å². The van der Waals surface area contributed by atoms with E-state index in [0.717, 1.165) is 18.1 Å². The van der Waals surface area contributed by atoms with Crippen LogP contribution >= 0.6 is 11.6 Å². The van der Waals surface area contributed by atoms with Gasteiger partial charge in [-0.15, -0.1) is 0 Å². The van der Waals surface area contributed by atoms with Gasteiger partial charge >= 0.3 is 0 Å². The summed E-state index contributed by atoms with van der Waals surface area (Å²) in [5.74, 6) is 0. The molecule has 3 heteroatoms. The van der Waals surface area contributed by atoms with Gasteiger partial charge in [0.15, 0.2) is 0 Å². The zero-order valence-corrected chi connectivity index (χ0v) is 12.6. The molecule has 0 unspecified atom stereocenters. The van der Waals surface area contributed by atoms with E-state index in [-0.39, 0.29) is 6.04 Å². The summed E-state index contributed by atoms with van der Waals surface area (Å²) in [4.78, 5) is 3.92. The lowest BCUT2D eigenvalue weighted by Crippen LogP contribution is -2.46. The average Bonchev–Trinajstić information content (AvgIpc) is 2.58. The van der Waals surface area contributed by atoms with Crippen LogP contribution in [0.25, 0.3) is 0 Å². The highest BCUT2D eigenvalue weighted by Crippen LogP contribution is 2.30. The molecule has 0 saturated carbocycles. The van der Waals surface area contributed by atoms with Crippen LogP contribution in [-0.2, 0) is 0 Å². The van der Waals surface area contributed by atoms with Crippen molar-refractivity contribution in [1.29, 1.82) is 0 Å². The lowest BCUT2D eigenvalue weighted by atomic mass is 9.96. The Labute approximate surface area is 136 Å². The Kier molecular flexibility index (Phi) is 3.54. The van der Waals surface area contributed by atoms with E-state index in [1.807, 2.05) is 30.3 Å². The number of benzene rings is 2. The van der Waals surface area contributed by atoms with Gasteiger partial charge in [-0.2, -0.15) is 0 Å². The van der Waals surface area contributed by atoms with Gasteiger partial charge in [0.1, 0.15) is 0 Å². The van der Waals surface area contributed by atoms with Crippen molar-refractivity contribution in [2.75, 3.05) is 33.2 Å². The van der Waals surface area contributed by atoms with Crippen molar-refractivity contribution in [2.24, 2.45) is 0 Å². The smallest absolute Gasteiger partial charge is 0.0602 e. The molecule has 0 spiro atoms. The molecule has 2 aromatic carbocycles. The van der Waals surface area contributed by atoms with Gasteiger partial charge in [0.25, 0.3) is 0 Å². The third-order valence-corrected chi connectivity index (χ3v) is 4.23. The van der Waals surface area contributed by atoms with E-state index in [9.17, 15) is 0 Å². The van der Waals surface area contributed by atoms with E-state index in [1.165, 1.54) is 11.1 Å². The first-order chi connectivity index (χ1) is 11.4. The molecule has 1 saturated heterocycles. The van der Waals surface area contributed by atoms with Crippen LogP contribution in [0.3, 0.4) is 0 Å². The molecule has 1 fully saturated rings. The molecule has 0 N–H and O–H groups in total. The number of piperazine rings is 1. The second kappa shape index (κ2) is 6.61. The van der Waals surface area contributed by atoms with E-state index < -0.39 is 6.98 Å². The number of halogens is 1. The highest BCUT2D eigenvalue weighted by Gasteiger charge is 2.25. The summed E-state index contributed by atoms with van der Waals surface area (Å²) in [7, 11) is 0. The standard InChI is InChI=1S/C18H21ClN2/c1-20-11-13-21(14-12-20)18(15-5-3-2-4-6-15)16-7-9-17(19)10-8-16/h2-10,18H,11-14H2,1H3/t18-/m0/s1/i1D3. The molecule has 2 aromatic rings. The Bertz CT molecular complexity index is 650. The fourth-order valence-electron chi connectivity index (χ4n) is 2.87. The zero-order valence-electron chi connectivity index (χ0n) is 14.9. The van der Waals surface area contributed by atoms with Crippen LogP contribution in [-0.4, -0.2) is 43.0 Å². The van der Waals surface area contributed by atoms with Gasteiger partial charge in [-0.1, -0.05) is 54.1 Å². The molecule has 1 atom stereocenters. The molecule has 1 aliphatic heterocycles. The van der Waals surface area contributed by atoms with E-state index in [2.05, 4.69) is 29.2 Å². The first-order valence-corrected chi connectivity index (χ1v) is 7.62. The molecular weight excluding hydrogens is 280 g/mol. The summed E-state index contributed by atoms with van der Waals surface area (Å²) in [6.07, 6.45) is 0. The molecule has 2 nitrogen and oxygen atoms in total. The van der Waals surface area contributed by atoms with Crippen molar-refractivity contribution in [2.45, 2.75) is 6.04 Å². The van der Waals surface area contributed by atoms with Gasteiger partial charge in [-0.25, -0.2) is 0 Å². The minimum Gasteiger partial charge on any atom is -0.304 e. The predicted molar refractivity (Wildman–Crippen MR) is 88.8 cm³/mol. The zero-order chi connectivity index (χ0) is 17.2. The van der Waals surface area contributed by atoms with Crippen molar-refractivity contribution in [3.05, 3.63) is 70.7 Å². The maximum atomic E-state index is 7.58. The Morgan fingerprint density at radius 3 is 2.14 bits per heavy atom. The van der Waals surface area contributed by atoms with Gasteiger partial charge in [-0.05, 0) is 30.2 Å². The lowest BCUT2D eigenvalue weighted by molar-refractivity contribution is 0.127. The molecule has 0 radical (unpaired) electrons. The van der Waals surface area contributed by atoms with Gasteiger partial charge < -0.3 is 4.90 Å². The van der Waals surface area contributed by atoms with Crippen molar-refractivity contribution in [3.63, 3.8) is 0 Å². The number of likely N-dealkylation sites (N-methyl/N-ethyl adjacent to an activating group) is 1. The fraction of sp³-hybridized carbons (Fsp3) is 0.333. The molecule has 110 valence electrons. The van der Waals surface area contributed by atoms with Crippen LogP contribution in [0.15, 0.2) is 54.6 Å². The average molecular weight is 304 g/mol. The molecule has 0 aliphatic carbocycles. The third kappa shape index (κ3) is 3.46. The molecule has 1 aliphatic rings. The maximum Gasteiger partial charge on any atom is 0.0602 e. The van der Waals surface area contributed by atoms with Crippen LogP contribution in [0.2, 0.25) is 5.02 Å². The largest absolute Gasteiger partial charge is 0.304 e. The molecule has 0 bridgehead atoms. The second-order valence-corrected chi connectivity index (χ2v) is 5.82. The third-order valence-electron chi connectivity index (χ3n) is 3.98. The minimum absolute atomic E-state index is 0.113. The van der Waals surface area contributed by atoms with E-state index >= 15 is 0 Å². The van der Waals surface area contributed by atoms with Crippen LogP contribution in [0, 0.1) is 0 Å². The summed E-state index contributed by atoms with van der Waals surface area (Å²) in [6, 6.07) is 18.4. The van der Waals surface area contributed by atoms with Gasteiger partial charge in [0.2, 0.25) is 0 Å². The molecule has 0 amide bonds. The Hall–Kier alpha value is -1.35. The van der Waals surface area contributed by atoms with Gasteiger partial charge in [-0.3, -0.25) is 4.90 Å².